The summed E-state index contributed by atoms with van der Waals surface area (Å²) in [6.07, 6.45) is 0. The van der Waals surface area contributed by atoms with Crippen LogP contribution in [0, 0.1) is 0 Å². The Morgan fingerprint density at radius 2 is 1.92 bits per heavy atom. The molecule has 0 aliphatic heterocycles. The van der Waals surface area contributed by atoms with Crippen molar-refractivity contribution in [2.75, 3.05) is 20.8 Å². The normalized spacial score (nSPS) is 13.2. The summed E-state index contributed by atoms with van der Waals surface area (Å²) in [5.74, 6) is 0.769. The second-order valence-corrected chi connectivity index (χ2v) is 6.65. The van der Waals surface area contributed by atoms with E-state index in [9.17, 15) is 0 Å². The topological polar surface area (TPSA) is 54.9 Å². The van der Waals surface area contributed by atoms with Crippen molar-refractivity contribution in [1.82, 2.24) is 10.6 Å². The molecule has 0 saturated carbocycles. The first-order valence-electron chi connectivity index (χ1n) is 8.02. The maximum Gasteiger partial charge on any atom is 0.191 e. The van der Waals surface area contributed by atoms with Crippen LogP contribution in [-0.4, -0.2) is 38.4 Å². The number of hydrogen-bond donors (Lipinski definition) is 2. The number of nitrogens with one attached hydrogen (secondary N) is 2. The SMILES string of the molecule is CN=C(NCc1cccc(COC(C)(C)C)c1)NC(C)COC.I. The van der Waals surface area contributed by atoms with Crippen molar-refractivity contribution >= 4 is 29.9 Å². The van der Waals surface area contributed by atoms with E-state index in [1.54, 1.807) is 14.2 Å². The highest BCUT2D eigenvalue weighted by atomic mass is 127. The van der Waals surface area contributed by atoms with E-state index in [-0.39, 0.29) is 35.6 Å². The van der Waals surface area contributed by atoms with Crippen LogP contribution >= 0.6 is 24.0 Å². The molecule has 1 atom stereocenters. The Bertz CT molecular complexity index is 501. The van der Waals surface area contributed by atoms with Gasteiger partial charge >= 0.3 is 0 Å². The molecule has 0 amide bonds. The van der Waals surface area contributed by atoms with Crippen LogP contribution in [-0.2, 0) is 22.6 Å². The molecule has 0 saturated heterocycles. The smallest absolute Gasteiger partial charge is 0.191 e. The van der Waals surface area contributed by atoms with Crippen LogP contribution in [0.15, 0.2) is 29.3 Å². The van der Waals surface area contributed by atoms with Gasteiger partial charge in [-0.1, -0.05) is 24.3 Å². The first-order valence-corrected chi connectivity index (χ1v) is 8.02. The lowest BCUT2D eigenvalue weighted by atomic mass is 10.1. The van der Waals surface area contributed by atoms with Crippen molar-refractivity contribution in [3.05, 3.63) is 35.4 Å². The number of nitrogens with zero attached hydrogens (tertiary/aromatic N) is 1. The Morgan fingerprint density at radius 3 is 2.50 bits per heavy atom. The number of hydrogen-bond acceptors (Lipinski definition) is 3. The maximum atomic E-state index is 5.83. The molecular formula is C18H32IN3O2. The van der Waals surface area contributed by atoms with E-state index in [0.29, 0.717) is 19.8 Å². The van der Waals surface area contributed by atoms with Gasteiger partial charge in [0.05, 0.1) is 18.8 Å². The standard InChI is InChI=1S/C18H31N3O2.HI/c1-14(12-22-6)21-17(19-5)20-11-15-8-7-9-16(10-15)13-23-18(2,3)4;/h7-10,14H,11-13H2,1-6H3,(H2,19,20,21);1H. The Labute approximate surface area is 163 Å². The van der Waals surface area contributed by atoms with E-state index < -0.39 is 0 Å². The molecular weight excluding hydrogens is 417 g/mol. The van der Waals surface area contributed by atoms with Gasteiger partial charge in [-0.25, -0.2) is 0 Å². The van der Waals surface area contributed by atoms with Gasteiger partial charge in [-0.15, -0.1) is 24.0 Å². The molecule has 24 heavy (non-hydrogen) atoms. The lowest BCUT2D eigenvalue weighted by molar-refractivity contribution is -0.0149. The van der Waals surface area contributed by atoms with E-state index in [1.807, 2.05) is 0 Å². The molecule has 0 radical (unpaired) electrons. The molecule has 2 N–H and O–H groups in total. The first-order chi connectivity index (χ1) is 10.8. The van der Waals surface area contributed by atoms with Crippen LogP contribution in [0.25, 0.3) is 0 Å². The summed E-state index contributed by atoms with van der Waals surface area (Å²) >= 11 is 0. The number of guanidine groups is 1. The predicted molar refractivity (Wildman–Crippen MR) is 111 cm³/mol. The van der Waals surface area contributed by atoms with Gasteiger partial charge in [0.15, 0.2) is 5.96 Å². The molecule has 0 aliphatic rings. The molecule has 6 heteroatoms. The minimum atomic E-state index is -0.127. The van der Waals surface area contributed by atoms with Crippen LogP contribution in [0.3, 0.4) is 0 Å². The van der Waals surface area contributed by atoms with Gasteiger partial charge < -0.3 is 20.1 Å². The van der Waals surface area contributed by atoms with Crippen molar-refractivity contribution in [3.8, 4) is 0 Å². The third-order valence-corrected chi connectivity index (χ3v) is 3.15. The quantitative estimate of drug-likeness (QED) is 0.381. The van der Waals surface area contributed by atoms with Gasteiger partial charge in [0.1, 0.15) is 0 Å². The lowest BCUT2D eigenvalue weighted by Crippen LogP contribution is -2.43. The predicted octanol–water partition coefficient (Wildman–Crippen LogP) is 3.32. The van der Waals surface area contributed by atoms with Gasteiger partial charge in [0, 0.05) is 26.7 Å². The number of ether oxygens (including phenoxy) is 2. The molecule has 0 spiro atoms. The monoisotopic (exact) mass is 449 g/mol. The van der Waals surface area contributed by atoms with Gasteiger partial charge in [0.25, 0.3) is 0 Å². The maximum absolute atomic E-state index is 5.83. The third-order valence-electron chi connectivity index (χ3n) is 3.15. The van der Waals surface area contributed by atoms with Gasteiger partial charge in [-0.05, 0) is 38.8 Å². The minimum absolute atomic E-state index is 0. The Balaban J connectivity index is 0.00000529. The third kappa shape index (κ3) is 10.1. The van der Waals surface area contributed by atoms with Crippen molar-refractivity contribution < 1.29 is 9.47 Å². The second-order valence-electron chi connectivity index (χ2n) is 6.65. The molecule has 1 unspecified atom stereocenters. The van der Waals surface area contributed by atoms with Crippen LogP contribution in [0.4, 0.5) is 0 Å². The van der Waals surface area contributed by atoms with Crippen LogP contribution < -0.4 is 10.6 Å². The van der Waals surface area contributed by atoms with Crippen LogP contribution in [0.2, 0.25) is 0 Å². The van der Waals surface area contributed by atoms with Crippen LogP contribution in [0.1, 0.15) is 38.8 Å². The number of aliphatic imine (C=N–C) groups is 1. The van der Waals surface area contributed by atoms with E-state index in [4.69, 9.17) is 9.47 Å². The number of methoxy groups -OCH3 is 1. The van der Waals surface area contributed by atoms with E-state index in [0.717, 1.165) is 5.96 Å². The molecule has 1 aromatic rings. The van der Waals surface area contributed by atoms with E-state index in [1.165, 1.54) is 11.1 Å². The zero-order valence-electron chi connectivity index (χ0n) is 15.7. The van der Waals surface area contributed by atoms with Crippen LogP contribution in [0.5, 0.6) is 0 Å². The van der Waals surface area contributed by atoms with Gasteiger partial charge in [-0.2, -0.15) is 0 Å². The lowest BCUT2D eigenvalue weighted by Gasteiger charge is -2.20. The number of rotatable bonds is 7. The summed E-state index contributed by atoms with van der Waals surface area (Å²) in [4.78, 5) is 4.23. The Hall–Kier alpha value is -0.860. The molecule has 138 valence electrons. The van der Waals surface area contributed by atoms with Crippen molar-refractivity contribution in [2.45, 2.75) is 52.5 Å². The fourth-order valence-electron chi connectivity index (χ4n) is 2.03. The first kappa shape index (κ1) is 23.1. The molecule has 0 aromatic heterocycles. The molecule has 0 heterocycles. The molecule has 1 rings (SSSR count). The summed E-state index contributed by atoms with van der Waals surface area (Å²) in [7, 11) is 3.46. The molecule has 1 aromatic carbocycles. The van der Waals surface area contributed by atoms with Gasteiger partial charge in [0.2, 0.25) is 0 Å². The van der Waals surface area contributed by atoms with Crippen molar-refractivity contribution in [3.63, 3.8) is 0 Å². The summed E-state index contributed by atoms with van der Waals surface area (Å²) < 4.78 is 10.9. The van der Waals surface area contributed by atoms with Gasteiger partial charge in [-0.3, -0.25) is 4.99 Å². The minimum Gasteiger partial charge on any atom is -0.383 e. The second kappa shape index (κ2) is 11.7. The highest BCUT2D eigenvalue weighted by molar-refractivity contribution is 14.0. The fraction of sp³-hybridized carbons (Fsp3) is 0.611. The van der Waals surface area contributed by atoms with E-state index in [2.05, 4.69) is 67.6 Å². The zero-order chi connectivity index (χ0) is 17.3. The highest BCUT2D eigenvalue weighted by Gasteiger charge is 2.10. The fourth-order valence-corrected chi connectivity index (χ4v) is 2.03. The zero-order valence-corrected chi connectivity index (χ0v) is 18.0. The largest absolute Gasteiger partial charge is 0.383 e. The molecule has 5 nitrogen and oxygen atoms in total. The Morgan fingerprint density at radius 1 is 1.25 bits per heavy atom. The average molecular weight is 449 g/mol. The molecule has 0 aliphatic carbocycles. The van der Waals surface area contributed by atoms with Crippen molar-refractivity contribution in [1.29, 1.82) is 0 Å². The molecule has 0 fully saturated rings. The highest BCUT2D eigenvalue weighted by Crippen LogP contribution is 2.13. The average Bonchev–Trinajstić information content (AvgIpc) is 2.49. The molecule has 0 bridgehead atoms. The summed E-state index contributed by atoms with van der Waals surface area (Å²) in [5.41, 5.74) is 2.25. The summed E-state index contributed by atoms with van der Waals surface area (Å²) in [5, 5.41) is 6.60. The number of halogens is 1. The van der Waals surface area contributed by atoms with Crippen molar-refractivity contribution in [2.24, 2.45) is 4.99 Å². The number of benzene rings is 1. The summed E-state index contributed by atoms with van der Waals surface area (Å²) in [6, 6.07) is 8.60. The Kier molecular flexibility index (Phi) is 11.2. The van der Waals surface area contributed by atoms with E-state index >= 15 is 0 Å². The summed E-state index contributed by atoms with van der Waals surface area (Å²) in [6.45, 7) is 10.2.